The Balaban J connectivity index is 0.000000461. The predicted molar refractivity (Wildman–Crippen MR) is 88.4 cm³/mol. The molecule has 2 aliphatic rings. The Morgan fingerprint density at radius 2 is 1.50 bits per heavy atom. The van der Waals surface area contributed by atoms with Gasteiger partial charge in [0.15, 0.2) is 0 Å². The van der Waals surface area contributed by atoms with Gasteiger partial charge in [-0.3, -0.25) is 0 Å². The minimum atomic E-state index is 0.0870. The first-order valence-electron chi connectivity index (χ1n) is 8.46. The van der Waals surface area contributed by atoms with Crippen LogP contribution in [0.1, 0.15) is 75.6 Å². The summed E-state index contributed by atoms with van der Waals surface area (Å²) in [7, 11) is 0. The third-order valence-electron chi connectivity index (χ3n) is 4.32. The van der Waals surface area contributed by atoms with Gasteiger partial charge in [-0.25, -0.2) is 0 Å². The van der Waals surface area contributed by atoms with Crippen LogP contribution in [0.3, 0.4) is 0 Å². The molecule has 1 nitrogen and oxygen atoms in total. The minimum absolute atomic E-state index is 0.0870. The fourth-order valence-corrected chi connectivity index (χ4v) is 3.59. The molecule has 1 aliphatic carbocycles. The zero-order valence-electron chi connectivity index (χ0n) is 14.3. The lowest BCUT2D eigenvalue weighted by Crippen LogP contribution is -2.31. The zero-order valence-corrected chi connectivity index (χ0v) is 14.3. The third kappa shape index (κ3) is 3.09. The molecule has 1 aromatic rings. The molecule has 1 spiro atoms. The van der Waals surface area contributed by atoms with E-state index >= 15 is 0 Å². The number of hydrogen-bond acceptors (Lipinski definition) is 1. The number of benzene rings is 1. The van der Waals surface area contributed by atoms with Gasteiger partial charge in [-0.15, -0.1) is 0 Å². The van der Waals surface area contributed by atoms with Gasteiger partial charge in [0.05, 0.1) is 5.60 Å². The Kier molecular flexibility index (Phi) is 6.75. The molecule has 0 bridgehead atoms. The number of ether oxygens (including phenoxy) is 1. The van der Waals surface area contributed by atoms with E-state index in [1.165, 1.54) is 48.8 Å². The number of rotatable bonds is 0. The van der Waals surface area contributed by atoms with Gasteiger partial charge in [-0.2, -0.15) is 0 Å². The second kappa shape index (κ2) is 7.83. The molecule has 3 rings (SSSR count). The Morgan fingerprint density at radius 1 is 0.900 bits per heavy atom. The van der Waals surface area contributed by atoms with Crippen LogP contribution in [0.25, 0.3) is 0 Å². The van der Waals surface area contributed by atoms with Crippen LogP contribution in [0.5, 0.6) is 0 Å². The first-order chi connectivity index (χ1) is 9.73. The average molecular weight is 276 g/mol. The molecular weight excluding hydrogens is 244 g/mol. The Labute approximate surface area is 125 Å². The molecule has 0 N–H and O–H groups in total. The van der Waals surface area contributed by atoms with Crippen molar-refractivity contribution in [3.8, 4) is 0 Å². The number of aryl methyl sites for hydroxylation is 2. The molecule has 0 radical (unpaired) electrons. The Bertz CT molecular complexity index is 414. The summed E-state index contributed by atoms with van der Waals surface area (Å²) in [5.74, 6) is 0. The van der Waals surface area contributed by atoms with Crippen molar-refractivity contribution in [2.45, 2.75) is 79.2 Å². The lowest BCUT2D eigenvalue weighted by atomic mass is 9.74. The van der Waals surface area contributed by atoms with Crippen molar-refractivity contribution in [3.05, 3.63) is 34.4 Å². The quantitative estimate of drug-likeness (QED) is 0.591. The van der Waals surface area contributed by atoms with Gasteiger partial charge in [0.2, 0.25) is 0 Å². The zero-order chi connectivity index (χ0) is 15.2. The largest absolute Gasteiger partial charge is 0.370 e. The first kappa shape index (κ1) is 17.2. The lowest BCUT2D eigenvalue weighted by molar-refractivity contribution is -0.0145. The van der Waals surface area contributed by atoms with Crippen molar-refractivity contribution in [2.75, 3.05) is 6.61 Å². The van der Waals surface area contributed by atoms with Gasteiger partial charge in [-0.1, -0.05) is 39.8 Å². The molecule has 1 unspecified atom stereocenters. The molecule has 20 heavy (non-hydrogen) atoms. The second-order valence-electron chi connectivity index (χ2n) is 5.35. The van der Waals surface area contributed by atoms with Crippen molar-refractivity contribution in [1.82, 2.24) is 0 Å². The predicted octanol–water partition coefficient (Wildman–Crippen LogP) is 5.70. The van der Waals surface area contributed by atoms with E-state index in [-0.39, 0.29) is 5.60 Å². The van der Waals surface area contributed by atoms with Crippen LogP contribution in [-0.4, -0.2) is 6.61 Å². The Hall–Kier alpha value is -0.820. The Morgan fingerprint density at radius 3 is 2.10 bits per heavy atom. The van der Waals surface area contributed by atoms with Crippen molar-refractivity contribution in [1.29, 1.82) is 0 Å². The van der Waals surface area contributed by atoms with E-state index in [1.807, 2.05) is 27.7 Å². The van der Waals surface area contributed by atoms with Crippen LogP contribution in [0.2, 0.25) is 0 Å². The molecular formula is C19H32O. The van der Waals surface area contributed by atoms with Gasteiger partial charge in [0.1, 0.15) is 0 Å². The van der Waals surface area contributed by atoms with E-state index in [0.717, 1.165) is 6.61 Å². The van der Waals surface area contributed by atoms with E-state index in [0.29, 0.717) is 0 Å². The van der Waals surface area contributed by atoms with Crippen molar-refractivity contribution >= 4 is 0 Å². The van der Waals surface area contributed by atoms with Crippen LogP contribution in [0, 0.1) is 13.8 Å². The topological polar surface area (TPSA) is 9.23 Å². The van der Waals surface area contributed by atoms with Crippen molar-refractivity contribution in [3.63, 3.8) is 0 Å². The normalized spacial score (nSPS) is 23.3. The molecule has 1 aliphatic heterocycles. The molecule has 1 heteroatoms. The van der Waals surface area contributed by atoms with Crippen molar-refractivity contribution < 1.29 is 4.74 Å². The van der Waals surface area contributed by atoms with E-state index in [9.17, 15) is 0 Å². The van der Waals surface area contributed by atoms with Gasteiger partial charge >= 0.3 is 0 Å². The summed E-state index contributed by atoms with van der Waals surface area (Å²) in [6.45, 7) is 13.4. The number of hydrogen-bond donors (Lipinski definition) is 0. The fourth-order valence-electron chi connectivity index (χ4n) is 3.59. The monoisotopic (exact) mass is 276 g/mol. The van der Waals surface area contributed by atoms with Crippen LogP contribution < -0.4 is 0 Å². The van der Waals surface area contributed by atoms with Gasteiger partial charge in [-0.05, 0) is 68.2 Å². The maximum Gasteiger partial charge on any atom is 0.0937 e. The van der Waals surface area contributed by atoms with Gasteiger partial charge in [0.25, 0.3) is 0 Å². The van der Waals surface area contributed by atoms with Crippen LogP contribution >= 0.6 is 0 Å². The van der Waals surface area contributed by atoms with Crippen molar-refractivity contribution in [2.24, 2.45) is 0 Å². The second-order valence-corrected chi connectivity index (χ2v) is 5.35. The molecule has 1 saturated heterocycles. The van der Waals surface area contributed by atoms with E-state index < -0.39 is 0 Å². The summed E-state index contributed by atoms with van der Waals surface area (Å²) in [4.78, 5) is 0. The molecule has 114 valence electrons. The average Bonchev–Trinajstić information content (AvgIpc) is 2.96. The van der Waals surface area contributed by atoms with Gasteiger partial charge in [0, 0.05) is 6.61 Å². The molecule has 1 aromatic carbocycles. The summed E-state index contributed by atoms with van der Waals surface area (Å²) in [6.07, 6.45) is 6.21. The summed E-state index contributed by atoms with van der Waals surface area (Å²) < 4.78 is 6.14. The molecule has 0 amide bonds. The van der Waals surface area contributed by atoms with E-state index in [4.69, 9.17) is 4.74 Å². The minimum Gasteiger partial charge on any atom is -0.370 e. The standard InChI is InChI=1S/C15H20O.2C2H6/c1-11-6-7-12(2)14-13(11)5-3-8-15(14)9-4-10-16-15;2*1-2/h6-7H,3-5,8-10H2,1-2H3;2*1-2H3. The highest BCUT2D eigenvalue weighted by molar-refractivity contribution is 5.45. The summed E-state index contributed by atoms with van der Waals surface area (Å²) in [5, 5.41) is 0. The van der Waals surface area contributed by atoms with Gasteiger partial charge < -0.3 is 4.74 Å². The highest BCUT2D eigenvalue weighted by Crippen LogP contribution is 2.47. The fraction of sp³-hybridized carbons (Fsp3) is 0.684. The lowest BCUT2D eigenvalue weighted by Gasteiger charge is -2.37. The highest BCUT2D eigenvalue weighted by Gasteiger charge is 2.41. The summed E-state index contributed by atoms with van der Waals surface area (Å²) >= 11 is 0. The molecule has 1 heterocycles. The summed E-state index contributed by atoms with van der Waals surface area (Å²) in [5.41, 5.74) is 6.09. The maximum atomic E-state index is 6.14. The molecule has 0 aromatic heterocycles. The SMILES string of the molecule is CC.CC.Cc1ccc(C)c2c1CCCC21CCCO1. The molecule has 1 atom stereocenters. The smallest absolute Gasteiger partial charge is 0.0937 e. The first-order valence-corrected chi connectivity index (χ1v) is 8.46. The molecule has 1 fully saturated rings. The van der Waals surface area contributed by atoms with Crippen LogP contribution in [0.15, 0.2) is 12.1 Å². The highest BCUT2D eigenvalue weighted by atomic mass is 16.5. The van der Waals surface area contributed by atoms with E-state index in [2.05, 4.69) is 26.0 Å². The third-order valence-corrected chi connectivity index (χ3v) is 4.32. The van der Waals surface area contributed by atoms with E-state index in [1.54, 1.807) is 5.56 Å². The number of fused-ring (bicyclic) bond motifs is 2. The molecule has 0 saturated carbocycles. The maximum absolute atomic E-state index is 6.14. The van der Waals surface area contributed by atoms with Crippen LogP contribution in [-0.2, 0) is 16.8 Å². The van der Waals surface area contributed by atoms with Crippen LogP contribution in [0.4, 0.5) is 0 Å². The summed E-state index contributed by atoms with van der Waals surface area (Å²) in [6, 6.07) is 4.53.